The molecule has 1 fully saturated rings. The summed E-state index contributed by atoms with van der Waals surface area (Å²) in [6, 6.07) is 0. The maximum absolute atomic E-state index is 8.97. The van der Waals surface area contributed by atoms with Gasteiger partial charge in [0.15, 0.2) is 0 Å². The number of rotatable bonds is 2. The fourth-order valence-electron chi connectivity index (χ4n) is 1.47. The monoisotopic (exact) mass is 241 g/mol. The Morgan fingerprint density at radius 3 is 2.31 bits per heavy atom. The third-order valence-corrected chi connectivity index (χ3v) is 4.20. The van der Waals surface area contributed by atoms with E-state index in [1.165, 1.54) is 11.3 Å². The van der Waals surface area contributed by atoms with Crippen LogP contribution < -0.4 is 4.78 Å². The van der Waals surface area contributed by atoms with Gasteiger partial charge in [0.1, 0.15) is 5.01 Å². The van der Waals surface area contributed by atoms with Crippen molar-refractivity contribution in [3.63, 3.8) is 0 Å². The van der Waals surface area contributed by atoms with Gasteiger partial charge < -0.3 is 14.4 Å². The van der Waals surface area contributed by atoms with Crippen molar-refractivity contribution in [1.29, 1.82) is 0 Å². The predicted molar refractivity (Wildman–Crippen MR) is 63.8 cm³/mol. The zero-order chi connectivity index (χ0) is 12.0. The molecule has 0 amide bonds. The first kappa shape index (κ1) is 12.0. The molecule has 6 heteroatoms. The second-order valence-corrected chi connectivity index (χ2v) is 6.05. The predicted octanol–water partition coefficient (Wildman–Crippen LogP) is 0.935. The lowest BCUT2D eigenvalue weighted by Crippen LogP contribution is -2.41. The molecule has 0 saturated carbocycles. The van der Waals surface area contributed by atoms with Crippen LogP contribution in [-0.4, -0.2) is 28.4 Å². The highest BCUT2D eigenvalue weighted by molar-refractivity contribution is 7.22. The molecule has 1 N–H and O–H groups in total. The molecule has 1 saturated heterocycles. The number of aliphatic hydroxyl groups is 1. The van der Waals surface area contributed by atoms with Crippen molar-refractivity contribution in [3.8, 4) is 0 Å². The smallest absolute Gasteiger partial charge is 0.399 e. The zero-order valence-electron chi connectivity index (χ0n) is 9.98. The van der Waals surface area contributed by atoms with Crippen molar-refractivity contribution < 1.29 is 14.4 Å². The second-order valence-electron chi connectivity index (χ2n) is 4.90. The molecule has 2 heterocycles. The van der Waals surface area contributed by atoms with Crippen molar-refractivity contribution in [3.05, 3.63) is 11.2 Å². The standard InChI is InChI=1S/C10H16BNO3S/c1-9(2)10(3,4)15-11(14-9)7-5-12-8(6-13)16-7/h5,13H,6H2,1-4H3. The van der Waals surface area contributed by atoms with Gasteiger partial charge >= 0.3 is 7.12 Å². The van der Waals surface area contributed by atoms with E-state index >= 15 is 0 Å². The summed E-state index contributed by atoms with van der Waals surface area (Å²) in [5.74, 6) is 0. The van der Waals surface area contributed by atoms with Gasteiger partial charge in [-0.3, -0.25) is 0 Å². The number of aliphatic hydroxyl groups excluding tert-OH is 1. The van der Waals surface area contributed by atoms with Crippen LogP contribution >= 0.6 is 11.3 Å². The normalized spacial score (nSPS) is 22.7. The van der Waals surface area contributed by atoms with Gasteiger partial charge in [0.2, 0.25) is 0 Å². The summed E-state index contributed by atoms with van der Waals surface area (Å²) in [6.07, 6.45) is 1.71. The van der Waals surface area contributed by atoms with E-state index in [2.05, 4.69) is 4.98 Å². The Balaban J connectivity index is 2.20. The Bertz CT molecular complexity index is 375. The topological polar surface area (TPSA) is 51.6 Å². The molecule has 0 spiro atoms. The van der Waals surface area contributed by atoms with Gasteiger partial charge in [-0.15, -0.1) is 11.3 Å². The number of aromatic nitrogens is 1. The van der Waals surface area contributed by atoms with E-state index in [0.29, 0.717) is 5.01 Å². The molecule has 0 bridgehead atoms. The first-order valence-electron chi connectivity index (χ1n) is 5.27. The zero-order valence-corrected chi connectivity index (χ0v) is 10.8. The maximum Gasteiger partial charge on any atom is 0.507 e. The van der Waals surface area contributed by atoms with E-state index in [4.69, 9.17) is 14.4 Å². The summed E-state index contributed by atoms with van der Waals surface area (Å²) in [4.78, 5) is 4.08. The average Bonchev–Trinajstić information content (AvgIpc) is 2.70. The van der Waals surface area contributed by atoms with Crippen LogP contribution in [0.15, 0.2) is 6.20 Å². The molecule has 0 radical (unpaired) electrons. The Kier molecular flexibility index (Phi) is 2.86. The molecule has 0 unspecified atom stereocenters. The largest absolute Gasteiger partial charge is 0.507 e. The quantitative estimate of drug-likeness (QED) is 0.783. The lowest BCUT2D eigenvalue weighted by molar-refractivity contribution is 0.00578. The van der Waals surface area contributed by atoms with E-state index in [0.717, 1.165) is 4.78 Å². The van der Waals surface area contributed by atoms with Crippen LogP contribution in [0.3, 0.4) is 0 Å². The van der Waals surface area contributed by atoms with Gasteiger partial charge in [0.25, 0.3) is 0 Å². The van der Waals surface area contributed by atoms with E-state index in [1.54, 1.807) is 6.20 Å². The third-order valence-electron chi connectivity index (χ3n) is 3.19. The number of hydrogen-bond acceptors (Lipinski definition) is 5. The molecule has 1 aromatic heterocycles. The first-order chi connectivity index (χ1) is 7.36. The van der Waals surface area contributed by atoms with E-state index < -0.39 is 0 Å². The van der Waals surface area contributed by atoms with Crippen molar-refractivity contribution in [2.45, 2.75) is 45.5 Å². The molecule has 1 aliphatic heterocycles. The summed E-state index contributed by atoms with van der Waals surface area (Å²) in [5.41, 5.74) is -0.665. The minimum atomic E-state index is -0.372. The van der Waals surface area contributed by atoms with Gasteiger partial charge in [-0.25, -0.2) is 4.98 Å². The van der Waals surface area contributed by atoms with Gasteiger partial charge in [0, 0.05) is 6.20 Å². The van der Waals surface area contributed by atoms with Crippen LogP contribution in [0.4, 0.5) is 0 Å². The molecular weight excluding hydrogens is 225 g/mol. The van der Waals surface area contributed by atoms with Gasteiger partial charge in [-0.05, 0) is 27.7 Å². The average molecular weight is 241 g/mol. The molecule has 4 nitrogen and oxygen atoms in total. The summed E-state index contributed by atoms with van der Waals surface area (Å²) in [6.45, 7) is 8.02. The maximum atomic E-state index is 8.97. The Labute approximate surface area is 99.8 Å². The minimum absolute atomic E-state index is 0.0375. The molecule has 16 heavy (non-hydrogen) atoms. The van der Waals surface area contributed by atoms with Crippen molar-refractivity contribution in [2.24, 2.45) is 0 Å². The highest BCUT2D eigenvalue weighted by atomic mass is 32.1. The summed E-state index contributed by atoms with van der Waals surface area (Å²) < 4.78 is 12.7. The summed E-state index contributed by atoms with van der Waals surface area (Å²) in [7, 11) is -0.372. The van der Waals surface area contributed by atoms with Crippen LogP contribution in [0.5, 0.6) is 0 Å². The molecule has 2 rings (SSSR count). The first-order valence-corrected chi connectivity index (χ1v) is 6.08. The van der Waals surface area contributed by atoms with Crippen LogP contribution in [-0.2, 0) is 15.9 Å². The van der Waals surface area contributed by atoms with Crippen molar-refractivity contribution in [2.75, 3.05) is 0 Å². The third kappa shape index (κ3) is 1.90. The van der Waals surface area contributed by atoms with Gasteiger partial charge in [-0.1, -0.05) is 0 Å². The van der Waals surface area contributed by atoms with Crippen LogP contribution in [0.2, 0.25) is 0 Å². The van der Waals surface area contributed by atoms with Crippen LogP contribution in [0, 0.1) is 0 Å². The Morgan fingerprint density at radius 1 is 1.31 bits per heavy atom. The molecule has 0 aliphatic carbocycles. The van der Waals surface area contributed by atoms with Gasteiger partial charge in [-0.2, -0.15) is 0 Å². The molecular formula is C10H16BNO3S. The lowest BCUT2D eigenvalue weighted by atomic mass is 9.89. The highest BCUT2D eigenvalue weighted by Gasteiger charge is 2.52. The summed E-state index contributed by atoms with van der Waals surface area (Å²) >= 11 is 1.42. The molecule has 0 aromatic carbocycles. The Hall–Kier alpha value is -0.425. The second kappa shape index (κ2) is 3.80. The lowest BCUT2D eigenvalue weighted by Gasteiger charge is -2.32. The Morgan fingerprint density at radius 2 is 1.88 bits per heavy atom. The van der Waals surface area contributed by atoms with Gasteiger partial charge in [0.05, 0.1) is 22.6 Å². The number of nitrogens with zero attached hydrogens (tertiary/aromatic N) is 1. The van der Waals surface area contributed by atoms with E-state index in [9.17, 15) is 0 Å². The SMILES string of the molecule is CC1(C)OB(c2cnc(CO)s2)OC1(C)C. The van der Waals surface area contributed by atoms with Crippen molar-refractivity contribution in [1.82, 2.24) is 4.98 Å². The highest BCUT2D eigenvalue weighted by Crippen LogP contribution is 2.36. The van der Waals surface area contributed by atoms with Crippen LogP contribution in [0.25, 0.3) is 0 Å². The molecule has 88 valence electrons. The van der Waals surface area contributed by atoms with Crippen molar-refractivity contribution >= 4 is 23.2 Å². The molecule has 0 atom stereocenters. The van der Waals surface area contributed by atoms with E-state index in [-0.39, 0.29) is 24.9 Å². The molecule has 1 aromatic rings. The van der Waals surface area contributed by atoms with Crippen LogP contribution in [0.1, 0.15) is 32.7 Å². The van der Waals surface area contributed by atoms with E-state index in [1.807, 2.05) is 27.7 Å². The fraction of sp³-hybridized carbons (Fsp3) is 0.700. The minimum Gasteiger partial charge on any atom is -0.399 e. The summed E-state index contributed by atoms with van der Waals surface area (Å²) in [5, 5.41) is 9.65. The molecule has 1 aliphatic rings. The number of hydrogen-bond donors (Lipinski definition) is 1. The number of thiazole rings is 1. The fourth-order valence-corrected chi connectivity index (χ4v) is 2.21.